The number of carbonyl (C=O) groups is 2. The highest BCUT2D eigenvalue weighted by atomic mass is 16.5. The summed E-state index contributed by atoms with van der Waals surface area (Å²) in [5, 5.41) is 2.63. The summed E-state index contributed by atoms with van der Waals surface area (Å²) >= 11 is 0. The minimum Gasteiger partial charge on any atom is -0.497 e. The van der Waals surface area contributed by atoms with Crippen LogP contribution in [0.25, 0.3) is 0 Å². The van der Waals surface area contributed by atoms with Crippen LogP contribution in [0.5, 0.6) is 5.75 Å². The quantitative estimate of drug-likeness (QED) is 0.889. The summed E-state index contributed by atoms with van der Waals surface area (Å²) in [5.41, 5.74) is 0.792. The van der Waals surface area contributed by atoms with E-state index in [-0.39, 0.29) is 18.4 Å². The lowest BCUT2D eigenvalue weighted by Crippen LogP contribution is -2.37. The molecular formula is C13H16N2O4. The highest BCUT2D eigenvalue weighted by Gasteiger charge is 2.31. The zero-order chi connectivity index (χ0) is 13.8. The summed E-state index contributed by atoms with van der Waals surface area (Å²) in [6, 6.07) is 7.00. The van der Waals surface area contributed by atoms with Crippen LogP contribution in [0.4, 0.5) is 10.5 Å². The molecule has 1 heterocycles. The van der Waals surface area contributed by atoms with Crippen LogP contribution in [0.15, 0.2) is 24.3 Å². The van der Waals surface area contributed by atoms with Gasteiger partial charge in [0.1, 0.15) is 5.75 Å². The Morgan fingerprint density at radius 3 is 2.58 bits per heavy atom. The molecule has 2 rings (SSSR count). The molecule has 0 bridgehead atoms. The summed E-state index contributed by atoms with van der Waals surface area (Å²) in [6.07, 6.45) is -0.240. The molecule has 1 N–H and O–H groups in total. The van der Waals surface area contributed by atoms with Gasteiger partial charge in [-0.2, -0.15) is 0 Å². The van der Waals surface area contributed by atoms with E-state index in [4.69, 9.17) is 4.74 Å². The van der Waals surface area contributed by atoms with Gasteiger partial charge in [-0.15, -0.1) is 0 Å². The molecule has 1 aromatic carbocycles. The number of hydrogen-bond acceptors (Lipinski definition) is 4. The van der Waals surface area contributed by atoms with Crippen molar-refractivity contribution in [3.63, 3.8) is 0 Å². The molecule has 1 atom stereocenters. The van der Waals surface area contributed by atoms with E-state index in [0.29, 0.717) is 6.54 Å². The molecule has 0 aliphatic carbocycles. The Morgan fingerprint density at radius 1 is 1.32 bits per heavy atom. The standard InChI is InChI=1S/C13H16N2O4/c1-18-11-5-3-10(4-6-11)15-8-9(7-12(15)16)14-13(17)19-2/h3-6,9H,7-8H2,1-2H3,(H,14,17)/t9-/m1/s1. The maximum atomic E-state index is 11.9. The van der Waals surface area contributed by atoms with Crippen molar-refractivity contribution in [2.45, 2.75) is 12.5 Å². The van der Waals surface area contributed by atoms with Gasteiger partial charge >= 0.3 is 6.09 Å². The van der Waals surface area contributed by atoms with E-state index >= 15 is 0 Å². The first kappa shape index (κ1) is 13.2. The molecule has 1 aliphatic heterocycles. The number of amides is 2. The summed E-state index contributed by atoms with van der Waals surface area (Å²) in [6.45, 7) is 0.445. The van der Waals surface area contributed by atoms with Crippen LogP contribution in [0, 0.1) is 0 Å². The predicted octanol–water partition coefficient (Wildman–Crippen LogP) is 1.16. The van der Waals surface area contributed by atoms with Crippen LogP contribution in [-0.2, 0) is 9.53 Å². The number of rotatable bonds is 3. The molecule has 0 radical (unpaired) electrons. The zero-order valence-corrected chi connectivity index (χ0v) is 10.9. The molecule has 1 aliphatic rings. The van der Waals surface area contributed by atoms with Crippen LogP contribution in [0.2, 0.25) is 0 Å². The van der Waals surface area contributed by atoms with Crippen molar-refractivity contribution in [1.29, 1.82) is 0 Å². The SMILES string of the molecule is COC(=O)N[C@@H]1CC(=O)N(c2ccc(OC)cc2)C1. The number of alkyl carbamates (subject to hydrolysis) is 1. The van der Waals surface area contributed by atoms with Crippen molar-refractivity contribution < 1.29 is 19.1 Å². The molecular weight excluding hydrogens is 248 g/mol. The van der Waals surface area contributed by atoms with Crippen molar-refractivity contribution >= 4 is 17.7 Å². The molecule has 6 nitrogen and oxygen atoms in total. The van der Waals surface area contributed by atoms with Crippen molar-refractivity contribution in [2.75, 3.05) is 25.7 Å². The molecule has 0 aromatic heterocycles. The Morgan fingerprint density at radius 2 is 2.00 bits per heavy atom. The van der Waals surface area contributed by atoms with Gasteiger partial charge in [-0.3, -0.25) is 4.79 Å². The van der Waals surface area contributed by atoms with Gasteiger partial charge in [0.2, 0.25) is 5.91 Å². The average molecular weight is 264 g/mol. The molecule has 1 aromatic rings. The predicted molar refractivity (Wildman–Crippen MR) is 69.3 cm³/mol. The second-order valence-electron chi connectivity index (χ2n) is 4.24. The third kappa shape index (κ3) is 2.96. The highest BCUT2D eigenvalue weighted by Crippen LogP contribution is 2.24. The highest BCUT2D eigenvalue weighted by molar-refractivity contribution is 5.96. The van der Waals surface area contributed by atoms with Gasteiger partial charge in [0, 0.05) is 18.7 Å². The summed E-state index contributed by atoms with van der Waals surface area (Å²) in [4.78, 5) is 24.7. The Hall–Kier alpha value is -2.24. The van der Waals surface area contributed by atoms with E-state index in [2.05, 4.69) is 10.1 Å². The number of carbonyl (C=O) groups excluding carboxylic acids is 2. The van der Waals surface area contributed by atoms with Gasteiger partial charge in [0.05, 0.1) is 20.3 Å². The average Bonchev–Trinajstić information content (AvgIpc) is 2.79. The number of nitrogens with zero attached hydrogens (tertiary/aromatic N) is 1. The van der Waals surface area contributed by atoms with Gasteiger partial charge in [-0.05, 0) is 24.3 Å². The molecule has 1 fully saturated rings. The molecule has 0 unspecified atom stereocenters. The van der Waals surface area contributed by atoms with E-state index in [0.717, 1.165) is 11.4 Å². The van der Waals surface area contributed by atoms with Crippen LogP contribution >= 0.6 is 0 Å². The molecule has 1 saturated heterocycles. The topological polar surface area (TPSA) is 67.9 Å². The first-order chi connectivity index (χ1) is 9.13. The van der Waals surface area contributed by atoms with Gasteiger partial charge in [-0.25, -0.2) is 4.79 Å². The van der Waals surface area contributed by atoms with Gasteiger partial charge in [0.25, 0.3) is 0 Å². The number of benzene rings is 1. The second-order valence-corrected chi connectivity index (χ2v) is 4.24. The number of methoxy groups -OCH3 is 2. The van der Waals surface area contributed by atoms with E-state index in [1.54, 1.807) is 24.1 Å². The van der Waals surface area contributed by atoms with E-state index in [9.17, 15) is 9.59 Å². The minimum atomic E-state index is -0.519. The van der Waals surface area contributed by atoms with Crippen molar-refractivity contribution in [3.05, 3.63) is 24.3 Å². The number of nitrogens with one attached hydrogen (secondary N) is 1. The lowest BCUT2D eigenvalue weighted by Gasteiger charge is -2.17. The Balaban J connectivity index is 2.04. The minimum absolute atomic E-state index is 0.0217. The van der Waals surface area contributed by atoms with Gasteiger partial charge in [0.15, 0.2) is 0 Å². The van der Waals surface area contributed by atoms with Crippen LogP contribution < -0.4 is 15.0 Å². The fourth-order valence-electron chi connectivity index (χ4n) is 2.04. The molecule has 19 heavy (non-hydrogen) atoms. The van der Waals surface area contributed by atoms with Crippen LogP contribution in [0.3, 0.4) is 0 Å². The smallest absolute Gasteiger partial charge is 0.407 e. The van der Waals surface area contributed by atoms with Gasteiger partial charge in [-0.1, -0.05) is 0 Å². The third-order valence-corrected chi connectivity index (χ3v) is 3.02. The first-order valence-electron chi connectivity index (χ1n) is 5.93. The molecule has 0 saturated carbocycles. The first-order valence-corrected chi connectivity index (χ1v) is 5.93. The molecule has 6 heteroatoms. The summed E-state index contributed by atoms with van der Waals surface area (Å²) in [5.74, 6) is 0.714. The Labute approximate surface area is 111 Å². The number of ether oxygens (including phenoxy) is 2. The number of hydrogen-bond donors (Lipinski definition) is 1. The fourth-order valence-corrected chi connectivity index (χ4v) is 2.04. The van der Waals surface area contributed by atoms with Crippen molar-refractivity contribution in [2.24, 2.45) is 0 Å². The molecule has 102 valence electrons. The molecule has 0 spiro atoms. The van der Waals surface area contributed by atoms with E-state index in [1.807, 2.05) is 12.1 Å². The molecule has 2 amide bonds. The Kier molecular flexibility index (Phi) is 3.89. The van der Waals surface area contributed by atoms with Crippen molar-refractivity contribution in [1.82, 2.24) is 5.32 Å². The third-order valence-electron chi connectivity index (χ3n) is 3.02. The normalized spacial score (nSPS) is 18.3. The number of anilines is 1. The van der Waals surface area contributed by atoms with Crippen LogP contribution in [-0.4, -0.2) is 38.8 Å². The summed E-state index contributed by atoms with van der Waals surface area (Å²) < 4.78 is 9.59. The lowest BCUT2D eigenvalue weighted by atomic mass is 10.2. The van der Waals surface area contributed by atoms with E-state index in [1.165, 1.54) is 7.11 Å². The second kappa shape index (κ2) is 5.60. The maximum absolute atomic E-state index is 11.9. The van der Waals surface area contributed by atoms with Crippen molar-refractivity contribution in [3.8, 4) is 5.75 Å². The van der Waals surface area contributed by atoms with Gasteiger partial charge < -0.3 is 19.7 Å². The Bertz CT molecular complexity index is 472. The zero-order valence-electron chi connectivity index (χ0n) is 10.9. The fraction of sp³-hybridized carbons (Fsp3) is 0.385. The van der Waals surface area contributed by atoms with Crippen LogP contribution in [0.1, 0.15) is 6.42 Å². The van der Waals surface area contributed by atoms with E-state index < -0.39 is 6.09 Å². The lowest BCUT2D eigenvalue weighted by molar-refractivity contribution is -0.117. The monoisotopic (exact) mass is 264 g/mol. The largest absolute Gasteiger partial charge is 0.497 e. The summed E-state index contributed by atoms with van der Waals surface area (Å²) in [7, 11) is 2.89. The maximum Gasteiger partial charge on any atom is 0.407 e.